The molecule has 0 aromatic heterocycles. The predicted molar refractivity (Wildman–Crippen MR) is 70.2 cm³/mol. The molecule has 1 aliphatic rings. The van der Waals surface area contributed by atoms with Gasteiger partial charge < -0.3 is 14.6 Å². The molecule has 3 rings (SSSR count). The van der Waals surface area contributed by atoms with Gasteiger partial charge in [0.2, 0.25) is 0 Å². The molecule has 1 heterocycles. The average Bonchev–Trinajstić information content (AvgIpc) is 3.22. The number of rotatable bonds is 4. The van der Waals surface area contributed by atoms with Crippen molar-refractivity contribution in [2.45, 2.75) is 19.4 Å². The number of hydrogen-bond acceptors (Lipinski definition) is 3. The summed E-state index contributed by atoms with van der Waals surface area (Å²) in [4.78, 5) is 0. The molecule has 0 bridgehead atoms. The first-order valence-electron chi connectivity index (χ1n) is 6.27. The Kier molecular flexibility index (Phi) is 2.84. The van der Waals surface area contributed by atoms with Crippen molar-refractivity contribution in [3.63, 3.8) is 0 Å². The lowest BCUT2D eigenvalue weighted by molar-refractivity contribution is 0.265. The Morgan fingerprint density at radius 1 is 1.33 bits per heavy atom. The zero-order valence-electron chi connectivity index (χ0n) is 10.3. The lowest BCUT2D eigenvalue weighted by atomic mass is 10.0. The molecule has 0 spiro atoms. The van der Waals surface area contributed by atoms with Gasteiger partial charge in [-0.2, -0.15) is 0 Å². The molecular weight excluding hydrogens is 228 g/mol. The van der Waals surface area contributed by atoms with Gasteiger partial charge in [-0.15, -0.1) is 0 Å². The second kappa shape index (κ2) is 4.50. The Hall–Kier alpha value is -1.74. The van der Waals surface area contributed by atoms with Crippen LogP contribution in [0.4, 0.5) is 0 Å². The van der Waals surface area contributed by atoms with Crippen molar-refractivity contribution in [1.82, 2.24) is 0 Å². The lowest BCUT2D eigenvalue weighted by Crippen LogP contribution is -2.04. The van der Waals surface area contributed by atoms with E-state index >= 15 is 0 Å². The van der Waals surface area contributed by atoms with Crippen molar-refractivity contribution < 1.29 is 14.6 Å². The first-order chi connectivity index (χ1) is 8.79. The van der Waals surface area contributed by atoms with Gasteiger partial charge in [0.25, 0.3) is 0 Å². The van der Waals surface area contributed by atoms with Crippen molar-refractivity contribution in [3.8, 4) is 11.5 Å². The smallest absolute Gasteiger partial charge is 0.127 e. The minimum Gasteiger partial charge on any atom is -0.507 e. The van der Waals surface area contributed by atoms with Gasteiger partial charge in [-0.05, 0) is 18.1 Å². The molecule has 0 amide bonds. The van der Waals surface area contributed by atoms with E-state index < -0.39 is 0 Å². The molecule has 0 radical (unpaired) electrons. The maximum absolute atomic E-state index is 10.2. The molecular formula is C15H16O3. The summed E-state index contributed by atoms with van der Waals surface area (Å²) in [5.41, 5.74) is 0.917. The maximum atomic E-state index is 10.2. The molecule has 1 atom stereocenters. The van der Waals surface area contributed by atoms with Crippen molar-refractivity contribution in [1.29, 1.82) is 0 Å². The highest BCUT2D eigenvalue weighted by Gasteiger charge is 2.23. The Morgan fingerprint density at radius 3 is 2.72 bits per heavy atom. The molecule has 18 heavy (non-hydrogen) atoms. The molecule has 0 aliphatic carbocycles. The quantitative estimate of drug-likeness (QED) is 0.841. The van der Waals surface area contributed by atoms with E-state index in [0.29, 0.717) is 12.4 Å². The Morgan fingerprint density at radius 2 is 2.06 bits per heavy atom. The Labute approximate surface area is 106 Å². The third-order valence-electron chi connectivity index (χ3n) is 3.27. The molecule has 1 N–H and O–H groups in total. The van der Waals surface area contributed by atoms with E-state index in [2.05, 4.69) is 0 Å². The zero-order valence-corrected chi connectivity index (χ0v) is 10.3. The van der Waals surface area contributed by atoms with Crippen LogP contribution in [0, 0.1) is 0 Å². The average molecular weight is 244 g/mol. The molecule has 1 fully saturated rings. The minimum absolute atomic E-state index is 0.239. The summed E-state index contributed by atoms with van der Waals surface area (Å²) < 4.78 is 11.0. The van der Waals surface area contributed by atoms with Gasteiger partial charge in [0, 0.05) is 10.8 Å². The van der Waals surface area contributed by atoms with Crippen LogP contribution in [0.1, 0.15) is 12.5 Å². The van der Waals surface area contributed by atoms with Gasteiger partial charge >= 0.3 is 0 Å². The molecule has 0 saturated carbocycles. The number of ether oxygens (including phenoxy) is 2. The monoisotopic (exact) mass is 244 g/mol. The van der Waals surface area contributed by atoms with Crippen LogP contribution in [0.3, 0.4) is 0 Å². The van der Waals surface area contributed by atoms with Crippen LogP contribution < -0.4 is 4.74 Å². The van der Waals surface area contributed by atoms with Crippen molar-refractivity contribution in [2.75, 3.05) is 13.2 Å². The SMILES string of the molecule is CCc1cc(OCC2CO2)c2ccccc2c1O. The third kappa shape index (κ3) is 2.02. The number of phenolic OH excluding ortho intramolecular Hbond substituents is 1. The van der Waals surface area contributed by atoms with E-state index in [1.165, 1.54) is 0 Å². The van der Waals surface area contributed by atoms with Gasteiger partial charge in [-0.25, -0.2) is 0 Å². The number of fused-ring (bicyclic) bond motifs is 1. The fourth-order valence-corrected chi connectivity index (χ4v) is 2.12. The normalized spacial score (nSPS) is 17.9. The summed E-state index contributed by atoms with van der Waals surface area (Å²) in [6.07, 6.45) is 1.02. The maximum Gasteiger partial charge on any atom is 0.127 e. The van der Waals surface area contributed by atoms with E-state index in [0.717, 1.165) is 35.1 Å². The van der Waals surface area contributed by atoms with Crippen molar-refractivity contribution in [3.05, 3.63) is 35.9 Å². The molecule has 1 aliphatic heterocycles. The van der Waals surface area contributed by atoms with Gasteiger partial charge in [0.05, 0.1) is 6.61 Å². The molecule has 1 saturated heterocycles. The van der Waals surface area contributed by atoms with E-state index in [4.69, 9.17) is 9.47 Å². The summed E-state index contributed by atoms with van der Waals surface area (Å²) in [5, 5.41) is 12.0. The topological polar surface area (TPSA) is 42.0 Å². The van der Waals surface area contributed by atoms with Crippen LogP contribution in [0.2, 0.25) is 0 Å². The highest BCUT2D eigenvalue weighted by atomic mass is 16.6. The number of phenols is 1. The van der Waals surface area contributed by atoms with Crippen LogP contribution in [0.5, 0.6) is 11.5 Å². The summed E-state index contributed by atoms with van der Waals surface area (Å²) in [5.74, 6) is 1.19. The summed E-state index contributed by atoms with van der Waals surface area (Å²) >= 11 is 0. The second-order valence-corrected chi connectivity index (χ2v) is 4.55. The molecule has 3 nitrogen and oxygen atoms in total. The highest BCUT2D eigenvalue weighted by Crippen LogP contribution is 2.36. The van der Waals surface area contributed by atoms with Crippen LogP contribution >= 0.6 is 0 Å². The molecule has 3 heteroatoms. The number of hydrogen-bond donors (Lipinski definition) is 1. The molecule has 1 unspecified atom stereocenters. The third-order valence-corrected chi connectivity index (χ3v) is 3.27. The molecule has 94 valence electrons. The van der Waals surface area contributed by atoms with Crippen LogP contribution in [-0.4, -0.2) is 24.4 Å². The highest BCUT2D eigenvalue weighted by molar-refractivity contribution is 5.94. The first kappa shape index (κ1) is 11.4. The summed E-state index contributed by atoms with van der Waals surface area (Å²) in [6, 6.07) is 9.70. The van der Waals surface area contributed by atoms with Crippen molar-refractivity contribution >= 4 is 10.8 Å². The van der Waals surface area contributed by atoms with Gasteiger partial charge in [0.1, 0.15) is 24.2 Å². The van der Waals surface area contributed by atoms with Crippen LogP contribution in [0.15, 0.2) is 30.3 Å². The summed E-state index contributed by atoms with van der Waals surface area (Å²) in [7, 11) is 0. The van der Waals surface area contributed by atoms with Crippen LogP contribution in [0.25, 0.3) is 10.8 Å². The number of aromatic hydroxyl groups is 1. The standard InChI is InChI=1S/C15H16O3/c1-2-10-7-14(18-9-11-8-17-11)12-5-3-4-6-13(12)15(10)16/h3-7,11,16H,2,8-9H2,1H3. The molecule has 2 aromatic carbocycles. The molecule has 2 aromatic rings. The second-order valence-electron chi connectivity index (χ2n) is 4.55. The van der Waals surface area contributed by atoms with E-state index in [1.807, 2.05) is 37.3 Å². The van der Waals surface area contributed by atoms with Crippen molar-refractivity contribution in [2.24, 2.45) is 0 Å². The lowest BCUT2D eigenvalue weighted by Gasteiger charge is -2.12. The van der Waals surface area contributed by atoms with Gasteiger partial charge in [-0.1, -0.05) is 31.2 Å². The van der Waals surface area contributed by atoms with E-state index in [-0.39, 0.29) is 6.10 Å². The van der Waals surface area contributed by atoms with Gasteiger partial charge in [0.15, 0.2) is 0 Å². The predicted octanol–water partition coefficient (Wildman–Crippen LogP) is 2.89. The fourth-order valence-electron chi connectivity index (χ4n) is 2.12. The number of benzene rings is 2. The zero-order chi connectivity index (χ0) is 12.5. The Bertz CT molecular complexity index is 573. The number of epoxide rings is 1. The van der Waals surface area contributed by atoms with E-state index in [1.54, 1.807) is 0 Å². The van der Waals surface area contributed by atoms with Crippen LogP contribution in [-0.2, 0) is 11.2 Å². The minimum atomic E-state index is 0.239. The largest absolute Gasteiger partial charge is 0.507 e. The number of aryl methyl sites for hydroxylation is 1. The van der Waals surface area contributed by atoms with E-state index in [9.17, 15) is 5.11 Å². The first-order valence-corrected chi connectivity index (χ1v) is 6.27. The fraction of sp³-hybridized carbons (Fsp3) is 0.333. The van der Waals surface area contributed by atoms with Gasteiger partial charge in [-0.3, -0.25) is 0 Å². The Balaban J connectivity index is 2.06. The summed E-state index contributed by atoms with van der Waals surface area (Å²) in [6.45, 7) is 3.40.